The van der Waals surface area contributed by atoms with E-state index in [-0.39, 0.29) is 59.0 Å². The third kappa shape index (κ3) is 11.1. The summed E-state index contributed by atoms with van der Waals surface area (Å²) in [7, 11) is 0. The molecule has 0 atom stereocenters. The number of pyridine rings is 1. The Labute approximate surface area is 494 Å². The molecule has 0 amide bonds. The molecule has 418 valence electrons. The van der Waals surface area contributed by atoms with Crippen LogP contribution in [0.3, 0.4) is 0 Å². The molecule has 1 aliphatic rings. The first-order valence-electron chi connectivity index (χ1n) is 28.4. The third-order valence-corrected chi connectivity index (χ3v) is 16.6. The first-order chi connectivity index (χ1) is 36.8. The van der Waals surface area contributed by atoms with E-state index in [4.69, 9.17) is 9.72 Å². The summed E-state index contributed by atoms with van der Waals surface area (Å²) in [6, 6.07) is 61.5. The second-order valence-electron chi connectivity index (χ2n) is 28.5. The molecule has 0 N–H and O–H groups in total. The molecular weight excluding hydrogens is 1160 g/mol. The standard InChI is InChI=1S/C74H83N4O.Pt/c1-68(2,3)50-34-35-75-67(42-50)78-63-41-51(73(16,17)48-26-22-20-23-27-48)30-32-59(63)60-33-31-57(44-64(60)78)79-58-40-53(70(7,8)9)38-56(43-58)77-47-76(65-45-61(71(10,11)12)62(46-66(65)77)72(13,14)15)55-37-52(69(4,5)6)36-54(39-55)74(18,19)49-28-24-21-25-29-49;/h20-42,45-47H,1-19H3;/q-3;. The zero-order chi connectivity index (χ0) is 57.0. The van der Waals surface area contributed by atoms with Gasteiger partial charge < -0.3 is 19.1 Å². The number of hydrogen-bond acceptors (Lipinski definition) is 4. The monoisotopic (exact) mass is 1240 g/mol. The minimum atomic E-state index is -0.253. The van der Waals surface area contributed by atoms with Crippen LogP contribution in [0, 0.1) is 18.8 Å². The van der Waals surface area contributed by atoms with Crippen molar-refractivity contribution >= 4 is 44.6 Å². The van der Waals surface area contributed by atoms with E-state index in [0.29, 0.717) is 11.5 Å². The van der Waals surface area contributed by atoms with Crippen LogP contribution in [0.1, 0.15) is 182 Å². The topological polar surface area (TPSA) is 33.5 Å². The second-order valence-corrected chi connectivity index (χ2v) is 28.5. The molecule has 0 radical (unpaired) electrons. The van der Waals surface area contributed by atoms with Crippen LogP contribution in [-0.2, 0) is 59.0 Å². The van der Waals surface area contributed by atoms with Crippen LogP contribution in [-0.4, -0.2) is 9.55 Å². The average molecular weight is 1240 g/mol. The first kappa shape index (κ1) is 58.2. The van der Waals surface area contributed by atoms with Crippen LogP contribution in [0.4, 0.5) is 22.7 Å². The van der Waals surface area contributed by atoms with Gasteiger partial charge in [-0.3, -0.25) is 0 Å². The van der Waals surface area contributed by atoms with Gasteiger partial charge in [0.15, 0.2) is 0 Å². The number of anilines is 4. The van der Waals surface area contributed by atoms with Crippen LogP contribution in [0.5, 0.6) is 11.5 Å². The van der Waals surface area contributed by atoms with Crippen molar-refractivity contribution in [2.24, 2.45) is 0 Å². The number of aromatic nitrogens is 2. The number of fused-ring (bicyclic) bond motifs is 4. The summed E-state index contributed by atoms with van der Waals surface area (Å²) in [6.45, 7) is 46.2. The van der Waals surface area contributed by atoms with Crippen molar-refractivity contribution in [2.45, 2.75) is 169 Å². The van der Waals surface area contributed by atoms with Gasteiger partial charge in [-0.2, -0.15) is 6.07 Å². The molecule has 0 aliphatic carbocycles. The van der Waals surface area contributed by atoms with Gasteiger partial charge >= 0.3 is 0 Å². The van der Waals surface area contributed by atoms with Crippen LogP contribution in [0.25, 0.3) is 27.6 Å². The van der Waals surface area contributed by atoms with E-state index >= 15 is 0 Å². The first-order valence-corrected chi connectivity index (χ1v) is 28.4. The number of hydrogen-bond donors (Lipinski definition) is 0. The van der Waals surface area contributed by atoms with Gasteiger partial charge in [-0.25, -0.2) is 4.98 Å². The van der Waals surface area contributed by atoms with Crippen molar-refractivity contribution < 1.29 is 25.8 Å². The van der Waals surface area contributed by atoms with Crippen molar-refractivity contribution in [1.82, 2.24) is 9.55 Å². The zero-order valence-corrected chi connectivity index (χ0v) is 53.3. The second kappa shape index (κ2) is 20.5. The fraction of sp³-hybridized carbons (Fsp3) is 0.351. The summed E-state index contributed by atoms with van der Waals surface area (Å²) in [6.07, 6.45) is 1.94. The maximum absolute atomic E-state index is 7.11. The minimum Gasteiger partial charge on any atom is -0.509 e. The SMILES string of the molecule is CC(C)(C)c1cc(Oc2[c-]c3c(cc2)c2ccc(C(C)(C)c4ccccc4)cc2n3-c2cc(C(C)(C)C)ccn2)[c-]c(N2[CH-]N(c3cc(C(C)(C)C)cc(C(C)(C)c4ccccc4)c3)c3cc(C(C)(C)C)c(C(C)(C)C)cc32)c1.[Pt]. The Balaban J connectivity index is 0.00000774. The minimum absolute atomic E-state index is 0. The summed E-state index contributed by atoms with van der Waals surface area (Å²) in [5.41, 5.74) is 16.5. The van der Waals surface area contributed by atoms with Crippen molar-refractivity contribution in [3.8, 4) is 17.3 Å². The van der Waals surface area contributed by atoms with Gasteiger partial charge in [0.25, 0.3) is 0 Å². The molecule has 9 aromatic rings. The Kier molecular flexibility index (Phi) is 14.9. The summed E-state index contributed by atoms with van der Waals surface area (Å²) in [5.74, 6) is 2.07. The van der Waals surface area contributed by atoms with Gasteiger partial charge in [0, 0.05) is 72.2 Å². The maximum Gasteiger partial charge on any atom is 0.135 e. The van der Waals surface area contributed by atoms with Crippen molar-refractivity contribution in [3.63, 3.8) is 0 Å². The molecule has 2 aromatic heterocycles. The number of rotatable bonds is 9. The Morgan fingerprint density at radius 3 is 1.50 bits per heavy atom. The Morgan fingerprint density at radius 1 is 0.412 bits per heavy atom. The molecule has 0 unspecified atom stereocenters. The van der Waals surface area contributed by atoms with Crippen LogP contribution >= 0.6 is 0 Å². The van der Waals surface area contributed by atoms with Gasteiger partial charge in [-0.1, -0.05) is 216 Å². The molecule has 0 saturated heterocycles. The van der Waals surface area contributed by atoms with E-state index in [1.54, 1.807) is 0 Å². The molecule has 6 heteroatoms. The van der Waals surface area contributed by atoms with Gasteiger partial charge in [0.05, 0.1) is 0 Å². The summed E-state index contributed by atoms with van der Waals surface area (Å²) < 4.78 is 9.39. The maximum atomic E-state index is 7.11. The smallest absolute Gasteiger partial charge is 0.135 e. The van der Waals surface area contributed by atoms with Gasteiger partial charge in [0.2, 0.25) is 0 Å². The fourth-order valence-corrected chi connectivity index (χ4v) is 11.3. The van der Waals surface area contributed by atoms with E-state index in [0.717, 1.165) is 55.9 Å². The van der Waals surface area contributed by atoms with Crippen LogP contribution < -0.4 is 14.5 Å². The normalized spacial score (nSPS) is 13.7. The predicted octanol–water partition coefficient (Wildman–Crippen LogP) is 20.1. The van der Waals surface area contributed by atoms with Crippen molar-refractivity contribution in [2.75, 3.05) is 9.80 Å². The average Bonchev–Trinajstić information content (AvgIpc) is 4.01. The van der Waals surface area contributed by atoms with E-state index in [2.05, 4.69) is 310 Å². The summed E-state index contributed by atoms with van der Waals surface area (Å²) in [5, 5.41) is 2.22. The molecule has 3 heterocycles. The zero-order valence-electron chi connectivity index (χ0n) is 51.0. The number of benzene rings is 7. The molecule has 0 spiro atoms. The van der Waals surface area contributed by atoms with E-state index in [1.165, 1.54) is 44.5 Å². The molecule has 1 aliphatic heterocycles. The number of nitrogens with zero attached hydrogens (tertiary/aromatic N) is 4. The third-order valence-electron chi connectivity index (χ3n) is 16.6. The summed E-state index contributed by atoms with van der Waals surface area (Å²) in [4.78, 5) is 9.84. The molecule has 0 bridgehead atoms. The largest absolute Gasteiger partial charge is 0.509 e. The predicted molar refractivity (Wildman–Crippen MR) is 335 cm³/mol. The molecule has 0 saturated carbocycles. The van der Waals surface area contributed by atoms with E-state index in [9.17, 15) is 0 Å². The molecule has 0 fully saturated rings. The van der Waals surface area contributed by atoms with Gasteiger partial charge in [-0.05, 0) is 119 Å². The number of ether oxygens (including phenoxy) is 1. The van der Waals surface area contributed by atoms with Crippen LogP contribution in [0.2, 0.25) is 0 Å². The van der Waals surface area contributed by atoms with Gasteiger partial charge in [-0.15, -0.1) is 53.6 Å². The van der Waals surface area contributed by atoms with E-state index < -0.39 is 0 Å². The quantitative estimate of drug-likeness (QED) is 0.135. The molecular formula is C74H83N4OPt-3. The fourth-order valence-electron chi connectivity index (χ4n) is 11.3. The molecule has 7 aromatic carbocycles. The van der Waals surface area contributed by atoms with E-state index in [1.807, 2.05) is 6.20 Å². The Morgan fingerprint density at radius 2 is 0.938 bits per heavy atom. The Bertz CT molecular complexity index is 3750. The van der Waals surface area contributed by atoms with Crippen molar-refractivity contribution in [1.29, 1.82) is 0 Å². The van der Waals surface area contributed by atoms with Crippen LogP contribution in [0.15, 0.2) is 152 Å². The molecule has 5 nitrogen and oxygen atoms in total. The van der Waals surface area contributed by atoms with Crippen molar-refractivity contribution in [3.05, 3.63) is 221 Å². The van der Waals surface area contributed by atoms with Gasteiger partial charge in [0.1, 0.15) is 5.82 Å². The molecule has 10 rings (SSSR count). The summed E-state index contributed by atoms with van der Waals surface area (Å²) >= 11 is 0. The molecule has 80 heavy (non-hydrogen) atoms. The Hall–Kier alpha value is -6.42.